The summed E-state index contributed by atoms with van der Waals surface area (Å²) in [6, 6.07) is 1.71. The minimum atomic E-state index is -0.425. The molecule has 1 aromatic rings. The molecule has 0 spiro atoms. The number of rotatable bonds is 10. The van der Waals surface area contributed by atoms with Crippen molar-refractivity contribution in [1.82, 2.24) is 10.2 Å². The molecule has 0 aliphatic carbocycles. The van der Waals surface area contributed by atoms with E-state index < -0.39 is 11.9 Å². The van der Waals surface area contributed by atoms with Crippen LogP contribution in [0.25, 0.3) is 0 Å². The lowest BCUT2D eigenvalue weighted by molar-refractivity contribution is -0.139. The van der Waals surface area contributed by atoms with Gasteiger partial charge in [-0.25, -0.2) is 0 Å². The Hall–Kier alpha value is -1.50. The van der Waals surface area contributed by atoms with E-state index >= 15 is 0 Å². The zero-order chi connectivity index (χ0) is 22.3. The van der Waals surface area contributed by atoms with Crippen molar-refractivity contribution < 1.29 is 19.1 Å². The van der Waals surface area contributed by atoms with Gasteiger partial charge in [-0.1, -0.05) is 50.4 Å². The first kappa shape index (κ1) is 24.8. The van der Waals surface area contributed by atoms with Crippen molar-refractivity contribution in [1.29, 1.82) is 0 Å². The van der Waals surface area contributed by atoms with Crippen LogP contribution >= 0.6 is 23.2 Å². The quantitative estimate of drug-likeness (QED) is 0.396. The summed E-state index contributed by atoms with van der Waals surface area (Å²) in [4.78, 5) is 28.2. The van der Waals surface area contributed by atoms with E-state index in [1.165, 1.54) is 13.2 Å². The third kappa shape index (κ3) is 5.80. The van der Waals surface area contributed by atoms with E-state index in [1.807, 2.05) is 13.8 Å². The minimum Gasteiger partial charge on any atom is -0.494 e. The highest BCUT2D eigenvalue weighted by atomic mass is 35.5. The number of amides is 1. The van der Waals surface area contributed by atoms with E-state index in [0.717, 1.165) is 32.4 Å². The largest absolute Gasteiger partial charge is 0.494 e. The molecule has 0 radical (unpaired) electrons. The molecule has 2 rings (SSSR count). The van der Waals surface area contributed by atoms with E-state index in [1.54, 1.807) is 0 Å². The Morgan fingerprint density at radius 2 is 1.93 bits per heavy atom. The third-order valence-corrected chi connectivity index (χ3v) is 6.20. The van der Waals surface area contributed by atoms with Crippen molar-refractivity contribution in [2.24, 2.45) is 5.92 Å². The summed E-state index contributed by atoms with van der Waals surface area (Å²) in [5, 5.41) is 3.23. The first-order chi connectivity index (χ1) is 14.4. The molecule has 6 nitrogen and oxygen atoms in total. The maximum Gasteiger partial charge on any atom is 0.314 e. The second kappa shape index (κ2) is 11.8. The number of esters is 1. The summed E-state index contributed by atoms with van der Waals surface area (Å²) < 4.78 is 11.0. The maximum absolute atomic E-state index is 13.1. The van der Waals surface area contributed by atoms with Gasteiger partial charge in [-0.15, -0.1) is 0 Å². The van der Waals surface area contributed by atoms with Crippen LogP contribution in [0.5, 0.6) is 11.5 Å². The van der Waals surface area contributed by atoms with Gasteiger partial charge in [0.1, 0.15) is 5.56 Å². The van der Waals surface area contributed by atoms with Gasteiger partial charge in [0, 0.05) is 12.6 Å². The van der Waals surface area contributed by atoms with Gasteiger partial charge in [-0.2, -0.15) is 0 Å². The number of benzene rings is 1. The van der Waals surface area contributed by atoms with Crippen LogP contribution in [0.1, 0.15) is 63.2 Å². The van der Waals surface area contributed by atoms with E-state index in [2.05, 4.69) is 17.1 Å². The lowest BCUT2D eigenvalue weighted by Gasteiger charge is -2.24. The molecule has 0 saturated carbocycles. The molecule has 2 atom stereocenters. The molecule has 1 heterocycles. The fraction of sp³-hybridized carbons (Fsp3) is 0.636. The van der Waals surface area contributed by atoms with Crippen LogP contribution in [0.2, 0.25) is 10.0 Å². The lowest BCUT2D eigenvalue weighted by Crippen LogP contribution is -2.40. The Bertz CT molecular complexity index is 757. The topological polar surface area (TPSA) is 67.9 Å². The molecule has 1 amide bonds. The fourth-order valence-corrected chi connectivity index (χ4v) is 4.53. The highest BCUT2D eigenvalue weighted by Gasteiger charge is 2.30. The van der Waals surface area contributed by atoms with Gasteiger partial charge in [0.15, 0.2) is 11.5 Å². The number of hydrogen-bond acceptors (Lipinski definition) is 5. The summed E-state index contributed by atoms with van der Waals surface area (Å²) in [5.41, 5.74) is 0.0516. The molecule has 168 valence electrons. The Morgan fingerprint density at radius 1 is 1.23 bits per heavy atom. The summed E-state index contributed by atoms with van der Waals surface area (Å²) in [6.07, 6.45) is 4.34. The van der Waals surface area contributed by atoms with Crippen LogP contribution in [0.15, 0.2) is 6.07 Å². The van der Waals surface area contributed by atoms with Crippen molar-refractivity contribution in [3.05, 3.63) is 21.7 Å². The molecule has 8 heteroatoms. The maximum atomic E-state index is 13.1. The predicted octanol–water partition coefficient (Wildman–Crippen LogP) is 4.95. The SMILES string of the molecule is CCCC(CC)C(=O)Oc1c(Cl)cc(Cl)c(OC)c1C(=O)NC[C@@H]1CCCN1CC. The molecule has 1 fully saturated rings. The second-order valence-electron chi connectivity index (χ2n) is 7.53. The monoisotopic (exact) mass is 458 g/mol. The fourth-order valence-electron chi connectivity index (χ4n) is 3.95. The van der Waals surface area contributed by atoms with E-state index in [4.69, 9.17) is 32.7 Å². The molecule has 1 aromatic carbocycles. The van der Waals surface area contributed by atoms with Crippen molar-refractivity contribution in [2.45, 2.75) is 58.9 Å². The number of ether oxygens (including phenoxy) is 2. The zero-order valence-corrected chi connectivity index (χ0v) is 19.7. The Balaban J connectivity index is 2.31. The predicted molar refractivity (Wildman–Crippen MR) is 120 cm³/mol. The normalized spacial score (nSPS) is 17.6. The first-order valence-corrected chi connectivity index (χ1v) is 11.4. The number of likely N-dealkylation sites (tertiary alicyclic amines) is 1. The van der Waals surface area contributed by atoms with Gasteiger partial charge in [0.2, 0.25) is 0 Å². The van der Waals surface area contributed by atoms with E-state index in [-0.39, 0.29) is 39.1 Å². The number of nitrogens with one attached hydrogen (secondary N) is 1. The number of likely N-dealkylation sites (N-methyl/N-ethyl adjacent to an activating group) is 1. The van der Waals surface area contributed by atoms with Gasteiger partial charge >= 0.3 is 5.97 Å². The molecule has 0 aromatic heterocycles. The Labute approximate surface area is 189 Å². The van der Waals surface area contributed by atoms with Crippen LogP contribution in [-0.2, 0) is 4.79 Å². The number of methoxy groups -OCH3 is 1. The van der Waals surface area contributed by atoms with Gasteiger partial charge in [0.05, 0.1) is 23.1 Å². The van der Waals surface area contributed by atoms with Crippen molar-refractivity contribution in [2.75, 3.05) is 26.7 Å². The molecule has 0 bridgehead atoms. The van der Waals surface area contributed by atoms with Crippen LogP contribution in [0, 0.1) is 5.92 Å². The highest BCUT2D eigenvalue weighted by molar-refractivity contribution is 6.37. The summed E-state index contributed by atoms with van der Waals surface area (Å²) in [7, 11) is 1.42. The van der Waals surface area contributed by atoms with E-state index in [0.29, 0.717) is 19.4 Å². The minimum absolute atomic E-state index is 0.00580. The van der Waals surface area contributed by atoms with Crippen LogP contribution < -0.4 is 14.8 Å². The first-order valence-electron chi connectivity index (χ1n) is 10.7. The number of nitrogens with zero attached hydrogens (tertiary/aromatic N) is 1. The number of halogens is 2. The van der Waals surface area contributed by atoms with Crippen LogP contribution in [0.4, 0.5) is 0 Å². The van der Waals surface area contributed by atoms with Gasteiger partial charge in [-0.05, 0) is 44.8 Å². The molecule has 1 saturated heterocycles. The number of carbonyl (C=O) groups excluding carboxylic acids is 2. The second-order valence-corrected chi connectivity index (χ2v) is 8.34. The molecule has 30 heavy (non-hydrogen) atoms. The molecule has 1 unspecified atom stereocenters. The summed E-state index contributed by atoms with van der Waals surface area (Å²) >= 11 is 12.6. The van der Waals surface area contributed by atoms with Gasteiger partial charge in [-0.3, -0.25) is 14.5 Å². The standard InChI is InChI=1S/C22H32Cl2N2O4/c1-5-9-14(6-2)22(28)30-20-17(24)12-16(23)19(29-4)18(20)21(27)25-13-15-10-8-11-26(15)7-3/h12,14-15H,5-11,13H2,1-4H3,(H,25,27)/t14?,15-/m0/s1. The molecule has 1 N–H and O–H groups in total. The van der Waals surface area contributed by atoms with Crippen molar-refractivity contribution in [3.63, 3.8) is 0 Å². The smallest absolute Gasteiger partial charge is 0.314 e. The van der Waals surface area contributed by atoms with Crippen molar-refractivity contribution in [3.8, 4) is 11.5 Å². The number of carbonyl (C=O) groups is 2. The Morgan fingerprint density at radius 3 is 2.53 bits per heavy atom. The average Bonchev–Trinajstić information content (AvgIpc) is 3.19. The molecule has 1 aliphatic rings. The van der Waals surface area contributed by atoms with Gasteiger partial charge in [0.25, 0.3) is 5.91 Å². The lowest BCUT2D eigenvalue weighted by atomic mass is 10.0. The zero-order valence-electron chi connectivity index (χ0n) is 18.2. The summed E-state index contributed by atoms with van der Waals surface area (Å²) in [5.74, 6) is -0.962. The Kier molecular flexibility index (Phi) is 9.72. The summed E-state index contributed by atoms with van der Waals surface area (Å²) in [6.45, 7) is 8.50. The third-order valence-electron chi connectivity index (χ3n) is 5.64. The van der Waals surface area contributed by atoms with Crippen LogP contribution in [-0.4, -0.2) is 49.6 Å². The highest BCUT2D eigenvalue weighted by Crippen LogP contribution is 2.41. The number of hydrogen-bond donors (Lipinski definition) is 1. The van der Waals surface area contributed by atoms with Crippen LogP contribution in [0.3, 0.4) is 0 Å². The molecule has 1 aliphatic heterocycles. The molecular weight excluding hydrogens is 427 g/mol. The average molecular weight is 459 g/mol. The molecular formula is C22H32Cl2N2O4. The van der Waals surface area contributed by atoms with E-state index in [9.17, 15) is 9.59 Å². The van der Waals surface area contributed by atoms with Crippen molar-refractivity contribution >= 4 is 35.1 Å². The van der Waals surface area contributed by atoms with Gasteiger partial charge < -0.3 is 14.8 Å².